The molecule has 0 spiro atoms. The largest absolute Gasteiger partial charge is 0.477 e. The molecule has 132 valence electrons. The third-order valence-corrected chi connectivity index (χ3v) is 4.14. The Kier molecular flexibility index (Phi) is 4.55. The minimum absolute atomic E-state index is 0.172. The van der Waals surface area contributed by atoms with E-state index in [0.29, 0.717) is 23.9 Å². The SMILES string of the molecule is O=C(NCc1ccc(OCC2CC2)nc1)c1cccc(-n2cnnn2)c1. The molecule has 0 bridgehead atoms. The highest BCUT2D eigenvalue weighted by Crippen LogP contribution is 2.29. The number of rotatable bonds is 7. The first kappa shape index (κ1) is 16.2. The maximum absolute atomic E-state index is 12.4. The Labute approximate surface area is 150 Å². The molecule has 8 nitrogen and oxygen atoms in total. The molecule has 1 N–H and O–H groups in total. The lowest BCUT2D eigenvalue weighted by Gasteiger charge is -2.08. The first-order valence-electron chi connectivity index (χ1n) is 8.47. The van der Waals surface area contributed by atoms with E-state index in [1.807, 2.05) is 18.2 Å². The number of amides is 1. The van der Waals surface area contributed by atoms with Crippen molar-refractivity contribution in [2.75, 3.05) is 6.61 Å². The maximum Gasteiger partial charge on any atom is 0.251 e. The lowest BCUT2D eigenvalue weighted by molar-refractivity contribution is 0.0951. The fourth-order valence-corrected chi connectivity index (χ4v) is 2.44. The molecule has 1 saturated carbocycles. The van der Waals surface area contributed by atoms with Gasteiger partial charge in [-0.15, -0.1) is 5.10 Å². The molecular formula is C18H18N6O2. The molecular weight excluding hydrogens is 332 g/mol. The number of nitrogens with one attached hydrogen (secondary N) is 1. The number of ether oxygens (including phenoxy) is 1. The van der Waals surface area contributed by atoms with Crippen LogP contribution in [0, 0.1) is 5.92 Å². The van der Waals surface area contributed by atoms with E-state index in [9.17, 15) is 4.79 Å². The van der Waals surface area contributed by atoms with Crippen molar-refractivity contribution in [3.05, 3.63) is 60.0 Å². The van der Waals surface area contributed by atoms with Crippen molar-refractivity contribution in [2.24, 2.45) is 5.92 Å². The van der Waals surface area contributed by atoms with Crippen LogP contribution in [-0.2, 0) is 6.54 Å². The summed E-state index contributed by atoms with van der Waals surface area (Å²) >= 11 is 0. The van der Waals surface area contributed by atoms with Crippen LogP contribution in [0.15, 0.2) is 48.9 Å². The normalized spacial score (nSPS) is 13.4. The second-order valence-corrected chi connectivity index (χ2v) is 6.25. The monoisotopic (exact) mass is 350 g/mol. The molecule has 1 aliphatic carbocycles. The van der Waals surface area contributed by atoms with Crippen LogP contribution in [0.5, 0.6) is 5.88 Å². The van der Waals surface area contributed by atoms with Crippen molar-refractivity contribution in [3.8, 4) is 11.6 Å². The molecule has 26 heavy (non-hydrogen) atoms. The highest BCUT2D eigenvalue weighted by atomic mass is 16.5. The number of benzene rings is 1. The van der Waals surface area contributed by atoms with Gasteiger partial charge in [-0.05, 0) is 52.9 Å². The van der Waals surface area contributed by atoms with Gasteiger partial charge in [0.15, 0.2) is 0 Å². The summed E-state index contributed by atoms with van der Waals surface area (Å²) < 4.78 is 7.11. The van der Waals surface area contributed by atoms with Gasteiger partial charge in [0.05, 0.1) is 12.3 Å². The summed E-state index contributed by atoms with van der Waals surface area (Å²) in [6, 6.07) is 10.8. The van der Waals surface area contributed by atoms with Crippen LogP contribution in [0.4, 0.5) is 0 Å². The van der Waals surface area contributed by atoms with Gasteiger partial charge in [-0.1, -0.05) is 12.1 Å². The molecule has 0 unspecified atom stereocenters. The topological polar surface area (TPSA) is 94.8 Å². The molecule has 2 heterocycles. The van der Waals surface area contributed by atoms with E-state index in [0.717, 1.165) is 17.9 Å². The zero-order valence-corrected chi connectivity index (χ0v) is 14.1. The summed E-state index contributed by atoms with van der Waals surface area (Å²) in [6.07, 6.45) is 5.70. The molecule has 2 aromatic heterocycles. The molecule has 1 fully saturated rings. The molecule has 0 aliphatic heterocycles. The molecule has 1 aromatic carbocycles. The fourth-order valence-electron chi connectivity index (χ4n) is 2.44. The van der Waals surface area contributed by atoms with Crippen LogP contribution in [0.3, 0.4) is 0 Å². The van der Waals surface area contributed by atoms with Crippen molar-refractivity contribution in [2.45, 2.75) is 19.4 Å². The Morgan fingerprint density at radius 2 is 2.19 bits per heavy atom. The molecule has 8 heteroatoms. The van der Waals surface area contributed by atoms with Gasteiger partial charge >= 0.3 is 0 Å². The zero-order chi connectivity index (χ0) is 17.8. The Morgan fingerprint density at radius 1 is 1.27 bits per heavy atom. The highest BCUT2D eigenvalue weighted by molar-refractivity contribution is 5.94. The molecule has 4 rings (SSSR count). The number of carbonyl (C=O) groups excluding carboxylic acids is 1. The lowest BCUT2D eigenvalue weighted by atomic mass is 10.2. The quantitative estimate of drug-likeness (QED) is 0.698. The van der Waals surface area contributed by atoms with Crippen LogP contribution in [-0.4, -0.2) is 37.7 Å². The van der Waals surface area contributed by atoms with E-state index in [2.05, 4.69) is 25.8 Å². The van der Waals surface area contributed by atoms with Gasteiger partial charge in [-0.2, -0.15) is 0 Å². The van der Waals surface area contributed by atoms with E-state index in [1.54, 1.807) is 24.4 Å². The van der Waals surface area contributed by atoms with Gasteiger partial charge in [0.1, 0.15) is 6.33 Å². The van der Waals surface area contributed by atoms with Crippen molar-refractivity contribution in [3.63, 3.8) is 0 Å². The number of pyridine rings is 1. The van der Waals surface area contributed by atoms with Gasteiger partial charge in [0.2, 0.25) is 5.88 Å². The highest BCUT2D eigenvalue weighted by Gasteiger charge is 2.22. The van der Waals surface area contributed by atoms with Crippen molar-refractivity contribution in [1.29, 1.82) is 0 Å². The summed E-state index contributed by atoms with van der Waals surface area (Å²) in [5.74, 6) is 1.15. The molecule has 0 radical (unpaired) electrons. The van der Waals surface area contributed by atoms with Gasteiger partial charge in [-0.3, -0.25) is 4.79 Å². The van der Waals surface area contributed by atoms with Crippen LogP contribution in [0.1, 0.15) is 28.8 Å². The van der Waals surface area contributed by atoms with Crippen molar-refractivity contribution < 1.29 is 9.53 Å². The third kappa shape index (κ3) is 4.02. The Hall–Kier alpha value is -3.29. The fraction of sp³-hybridized carbons (Fsp3) is 0.278. The molecule has 3 aromatic rings. The van der Waals surface area contributed by atoms with Gasteiger partial charge in [-0.25, -0.2) is 9.67 Å². The molecule has 1 aliphatic rings. The Balaban J connectivity index is 1.34. The van der Waals surface area contributed by atoms with Crippen molar-refractivity contribution >= 4 is 5.91 Å². The van der Waals surface area contributed by atoms with E-state index in [1.165, 1.54) is 23.9 Å². The van der Waals surface area contributed by atoms with Gasteiger partial charge in [0, 0.05) is 24.4 Å². The second kappa shape index (κ2) is 7.30. The zero-order valence-electron chi connectivity index (χ0n) is 14.1. The summed E-state index contributed by atoms with van der Waals surface area (Å²) in [4.78, 5) is 16.7. The average Bonchev–Trinajstić information content (AvgIpc) is 3.36. The minimum atomic E-state index is -0.172. The summed E-state index contributed by atoms with van der Waals surface area (Å²) in [5, 5.41) is 13.9. The Bertz CT molecular complexity index is 875. The predicted molar refractivity (Wildman–Crippen MR) is 92.8 cm³/mol. The van der Waals surface area contributed by atoms with Gasteiger partial charge in [0.25, 0.3) is 5.91 Å². The van der Waals surface area contributed by atoms with E-state index in [4.69, 9.17) is 4.74 Å². The lowest BCUT2D eigenvalue weighted by Crippen LogP contribution is -2.23. The number of nitrogens with zero attached hydrogens (tertiary/aromatic N) is 5. The van der Waals surface area contributed by atoms with Crippen molar-refractivity contribution in [1.82, 2.24) is 30.5 Å². The van der Waals surface area contributed by atoms with Crippen LogP contribution in [0.2, 0.25) is 0 Å². The number of hydrogen-bond donors (Lipinski definition) is 1. The smallest absolute Gasteiger partial charge is 0.251 e. The molecule has 0 atom stereocenters. The van der Waals surface area contributed by atoms with Crippen LogP contribution in [0.25, 0.3) is 5.69 Å². The first-order chi connectivity index (χ1) is 12.8. The number of hydrogen-bond acceptors (Lipinski definition) is 6. The number of carbonyl (C=O) groups is 1. The van der Waals surface area contributed by atoms with E-state index < -0.39 is 0 Å². The number of aromatic nitrogens is 5. The molecule has 1 amide bonds. The first-order valence-corrected chi connectivity index (χ1v) is 8.47. The van der Waals surface area contributed by atoms with Crippen LogP contribution < -0.4 is 10.1 Å². The average molecular weight is 350 g/mol. The minimum Gasteiger partial charge on any atom is -0.477 e. The van der Waals surface area contributed by atoms with Gasteiger partial charge < -0.3 is 10.1 Å². The summed E-state index contributed by atoms with van der Waals surface area (Å²) in [6.45, 7) is 1.13. The standard InChI is InChI=1S/C18H18N6O2/c25-18(15-2-1-3-16(8-15)24-12-21-22-23-24)20-10-14-6-7-17(19-9-14)26-11-13-4-5-13/h1-3,6-9,12-13H,4-5,10-11H2,(H,20,25). The number of tetrazole rings is 1. The summed E-state index contributed by atoms with van der Waals surface area (Å²) in [7, 11) is 0. The molecule has 0 saturated heterocycles. The van der Waals surface area contributed by atoms with Crippen LogP contribution >= 0.6 is 0 Å². The predicted octanol–water partition coefficient (Wildman–Crippen LogP) is 1.78. The second-order valence-electron chi connectivity index (χ2n) is 6.25. The third-order valence-electron chi connectivity index (χ3n) is 4.14. The Morgan fingerprint density at radius 3 is 2.92 bits per heavy atom. The van der Waals surface area contributed by atoms with E-state index >= 15 is 0 Å². The summed E-state index contributed by atoms with van der Waals surface area (Å²) in [5.41, 5.74) is 2.17. The van der Waals surface area contributed by atoms with E-state index in [-0.39, 0.29) is 5.91 Å². The maximum atomic E-state index is 12.4.